The Kier molecular flexibility index (Phi) is 6.34. The molecular weight excluding hydrogens is 475 g/mol. The second-order valence-corrected chi connectivity index (χ2v) is 10.8. The maximum absolute atomic E-state index is 13.2. The fourth-order valence-corrected chi connectivity index (χ4v) is 4.55. The molecule has 2 heterocycles. The second kappa shape index (κ2) is 9.12. The van der Waals surface area contributed by atoms with Gasteiger partial charge in [-0.3, -0.25) is 10.1 Å². The fourth-order valence-electron chi connectivity index (χ4n) is 3.46. The third kappa shape index (κ3) is 5.66. The highest BCUT2D eigenvalue weighted by Crippen LogP contribution is 2.27. The van der Waals surface area contributed by atoms with Crippen molar-refractivity contribution in [2.24, 2.45) is 0 Å². The number of hydrogen-bond acceptors (Lipinski definition) is 5. The van der Waals surface area contributed by atoms with Crippen LogP contribution in [0, 0.1) is 5.82 Å². The largest absolute Gasteiger partial charge is 0.324 e. The van der Waals surface area contributed by atoms with Crippen molar-refractivity contribution in [3.8, 4) is 5.69 Å². The van der Waals surface area contributed by atoms with E-state index < -0.39 is 28.0 Å². The van der Waals surface area contributed by atoms with Crippen molar-refractivity contribution in [1.82, 2.24) is 18.8 Å². The molecule has 0 spiro atoms. The Labute approximate surface area is 202 Å². The van der Waals surface area contributed by atoms with Crippen molar-refractivity contribution in [3.05, 3.63) is 71.7 Å². The van der Waals surface area contributed by atoms with Crippen LogP contribution in [0.15, 0.2) is 54.6 Å². The number of benzene rings is 2. The summed E-state index contributed by atoms with van der Waals surface area (Å²) in [5.74, 6) is -0.607. The van der Waals surface area contributed by atoms with E-state index >= 15 is 0 Å². The van der Waals surface area contributed by atoms with Crippen LogP contribution < -0.4 is 15.4 Å². The molecule has 0 aliphatic carbocycles. The molecule has 0 unspecified atom stereocenters. The van der Waals surface area contributed by atoms with E-state index in [0.29, 0.717) is 22.8 Å². The third-order valence-corrected chi connectivity index (χ3v) is 6.66. The van der Waals surface area contributed by atoms with Crippen LogP contribution in [0.4, 0.5) is 20.7 Å². The first-order valence-corrected chi connectivity index (χ1v) is 12.2. The molecule has 1 aliphatic heterocycles. The van der Waals surface area contributed by atoms with Gasteiger partial charge >= 0.3 is 16.2 Å². The highest BCUT2D eigenvalue weighted by molar-refractivity contribution is 7.88. The van der Waals surface area contributed by atoms with Crippen LogP contribution in [-0.4, -0.2) is 41.0 Å². The van der Waals surface area contributed by atoms with Gasteiger partial charge in [-0.2, -0.15) is 17.8 Å². The molecule has 3 N–H and O–H groups in total. The molecule has 1 fully saturated rings. The summed E-state index contributed by atoms with van der Waals surface area (Å²) in [5, 5.41) is 10.1. The zero-order valence-corrected chi connectivity index (χ0v) is 20.2. The zero-order chi connectivity index (χ0) is 25.4. The van der Waals surface area contributed by atoms with Crippen molar-refractivity contribution >= 4 is 33.7 Å². The molecule has 0 atom stereocenters. The molecule has 0 radical (unpaired) electrons. The predicted molar refractivity (Wildman–Crippen MR) is 129 cm³/mol. The van der Waals surface area contributed by atoms with Crippen LogP contribution in [0.2, 0.25) is 0 Å². The Morgan fingerprint density at radius 1 is 1.11 bits per heavy atom. The summed E-state index contributed by atoms with van der Waals surface area (Å²) >= 11 is 0. The van der Waals surface area contributed by atoms with E-state index in [9.17, 15) is 22.4 Å². The maximum atomic E-state index is 13.2. The van der Waals surface area contributed by atoms with E-state index in [1.165, 1.54) is 24.3 Å². The van der Waals surface area contributed by atoms with Crippen molar-refractivity contribution in [1.29, 1.82) is 0 Å². The number of carbonyl (C=O) groups is 2. The Bertz CT molecular complexity index is 1380. The molecule has 1 aliphatic rings. The van der Waals surface area contributed by atoms with Gasteiger partial charge in [0.25, 0.3) is 0 Å². The van der Waals surface area contributed by atoms with E-state index in [-0.39, 0.29) is 18.5 Å². The molecule has 10 nitrogen and oxygen atoms in total. The highest BCUT2D eigenvalue weighted by Gasteiger charge is 2.33. The summed E-state index contributed by atoms with van der Waals surface area (Å²) in [6, 6.07) is 13.6. The van der Waals surface area contributed by atoms with Crippen LogP contribution in [0.5, 0.6) is 0 Å². The molecule has 2 aromatic carbocycles. The maximum Gasteiger partial charge on any atom is 0.324 e. The molecule has 3 aromatic rings. The topological polar surface area (TPSA) is 125 Å². The molecule has 4 rings (SSSR count). The van der Waals surface area contributed by atoms with Crippen molar-refractivity contribution in [2.75, 3.05) is 17.2 Å². The smallest absolute Gasteiger partial charge is 0.308 e. The summed E-state index contributed by atoms with van der Waals surface area (Å²) < 4.78 is 41.9. The van der Waals surface area contributed by atoms with Gasteiger partial charge in [0.2, 0.25) is 5.91 Å². The normalized spacial score (nSPS) is 15.6. The van der Waals surface area contributed by atoms with E-state index in [2.05, 4.69) is 15.7 Å². The number of amides is 3. The van der Waals surface area contributed by atoms with Crippen molar-refractivity contribution in [3.63, 3.8) is 0 Å². The molecule has 0 saturated carbocycles. The number of halogens is 1. The van der Waals surface area contributed by atoms with Gasteiger partial charge in [-0.05, 0) is 42.0 Å². The lowest BCUT2D eigenvalue weighted by molar-refractivity contribution is -0.118. The molecule has 1 saturated heterocycles. The first-order chi connectivity index (χ1) is 16.4. The number of rotatable bonds is 5. The quantitative estimate of drug-likeness (QED) is 0.496. The minimum absolute atomic E-state index is 0.00384. The van der Waals surface area contributed by atoms with Crippen LogP contribution >= 0.6 is 0 Å². The van der Waals surface area contributed by atoms with Gasteiger partial charge in [-0.25, -0.2) is 18.6 Å². The molecular formula is C23H25FN6O4S. The number of urea groups is 1. The van der Waals surface area contributed by atoms with E-state index in [4.69, 9.17) is 0 Å². The molecule has 0 bridgehead atoms. The van der Waals surface area contributed by atoms with Gasteiger partial charge in [0.1, 0.15) is 11.6 Å². The SMILES string of the molecule is CC(C)(C)c1cc(NC(=O)Nc2ccc(F)cc2)n(-c2cccc(CN3CC(=O)NS3(=O)=O)c2)n1. The third-order valence-electron chi connectivity index (χ3n) is 5.24. The first-order valence-electron chi connectivity index (χ1n) is 10.7. The van der Waals surface area contributed by atoms with Gasteiger partial charge in [0, 0.05) is 23.7 Å². The minimum Gasteiger partial charge on any atom is -0.308 e. The molecule has 35 heavy (non-hydrogen) atoms. The average molecular weight is 501 g/mol. The molecule has 184 valence electrons. The van der Waals surface area contributed by atoms with E-state index in [0.717, 1.165) is 10.00 Å². The lowest BCUT2D eigenvalue weighted by Crippen LogP contribution is -2.29. The van der Waals surface area contributed by atoms with Gasteiger partial charge < -0.3 is 5.32 Å². The summed E-state index contributed by atoms with van der Waals surface area (Å²) in [4.78, 5) is 24.2. The monoisotopic (exact) mass is 500 g/mol. The van der Waals surface area contributed by atoms with Crippen LogP contribution in [0.25, 0.3) is 5.69 Å². The van der Waals surface area contributed by atoms with Gasteiger partial charge in [-0.15, -0.1) is 0 Å². The summed E-state index contributed by atoms with van der Waals surface area (Å²) in [5.41, 5.74) is 2.05. The summed E-state index contributed by atoms with van der Waals surface area (Å²) in [6.07, 6.45) is 0. The zero-order valence-electron chi connectivity index (χ0n) is 19.4. The number of nitrogens with one attached hydrogen (secondary N) is 3. The van der Waals surface area contributed by atoms with Gasteiger partial charge in [-0.1, -0.05) is 32.9 Å². The molecule has 12 heteroatoms. The van der Waals surface area contributed by atoms with Crippen LogP contribution in [0.3, 0.4) is 0 Å². The van der Waals surface area contributed by atoms with E-state index in [1.54, 1.807) is 35.0 Å². The lowest BCUT2D eigenvalue weighted by atomic mass is 9.92. The Morgan fingerprint density at radius 3 is 2.46 bits per heavy atom. The summed E-state index contributed by atoms with van der Waals surface area (Å²) in [7, 11) is -3.86. The van der Waals surface area contributed by atoms with Gasteiger partial charge in [0.05, 0.1) is 17.9 Å². The second-order valence-electron chi connectivity index (χ2n) is 9.13. The number of nitrogens with zero attached hydrogens (tertiary/aromatic N) is 3. The summed E-state index contributed by atoms with van der Waals surface area (Å²) in [6.45, 7) is 5.71. The predicted octanol–water partition coefficient (Wildman–Crippen LogP) is 3.13. The standard InChI is InChI=1S/C23H25FN6O4S/c1-23(2,3)19-12-20(26-22(32)25-17-9-7-16(24)8-10-17)30(27-19)18-6-4-5-15(11-18)13-29-14-21(31)28-35(29,33)34/h4-12H,13-14H2,1-3H3,(H,28,31)(H2,25,26,32). The van der Waals surface area contributed by atoms with Gasteiger partial charge in [0.15, 0.2) is 0 Å². The first kappa shape index (κ1) is 24.4. The van der Waals surface area contributed by atoms with Crippen LogP contribution in [-0.2, 0) is 27.0 Å². The Morgan fingerprint density at radius 2 is 1.83 bits per heavy atom. The van der Waals surface area contributed by atoms with Crippen molar-refractivity contribution < 1.29 is 22.4 Å². The number of hydrogen-bond donors (Lipinski definition) is 3. The number of aromatic nitrogens is 2. The Hall–Kier alpha value is -3.77. The lowest BCUT2D eigenvalue weighted by Gasteiger charge is -2.15. The van der Waals surface area contributed by atoms with E-state index in [1.807, 2.05) is 25.5 Å². The highest BCUT2D eigenvalue weighted by atomic mass is 32.2. The molecule has 1 aromatic heterocycles. The number of anilines is 2. The molecule has 3 amide bonds. The minimum atomic E-state index is -3.86. The number of carbonyl (C=O) groups excluding carboxylic acids is 2. The van der Waals surface area contributed by atoms with Crippen molar-refractivity contribution in [2.45, 2.75) is 32.7 Å². The van der Waals surface area contributed by atoms with Crippen LogP contribution in [0.1, 0.15) is 32.0 Å². The average Bonchev–Trinajstić information content (AvgIpc) is 3.29. The fraction of sp³-hybridized carbons (Fsp3) is 0.261. The Balaban J connectivity index is 1.62.